The van der Waals surface area contributed by atoms with Gasteiger partial charge in [0.05, 0.1) is 0 Å². The quantitative estimate of drug-likeness (QED) is 0.322. The lowest BCUT2D eigenvalue weighted by molar-refractivity contribution is 0.356. The van der Waals surface area contributed by atoms with E-state index in [0.717, 1.165) is 6.26 Å². The number of allylic oxidation sites excluding steroid dienone is 18. The van der Waals surface area contributed by atoms with Crippen LogP contribution in [0.25, 0.3) is 0 Å². The van der Waals surface area contributed by atoms with Crippen molar-refractivity contribution in [2.75, 3.05) is 0 Å². The molecule has 0 spiro atoms. The van der Waals surface area contributed by atoms with E-state index in [2.05, 4.69) is 10.8 Å². The second kappa shape index (κ2) is 16.0. The van der Waals surface area contributed by atoms with Crippen LogP contribution in [-0.2, 0) is 14.6 Å². The predicted octanol–water partition coefficient (Wildman–Crippen LogP) is 4.96. The van der Waals surface area contributed by atoms with Crippen molar-refractivity contribution >= 4 is 10.4 Å². The Kier molecular flexibility index (Phi) is 14.1. The third-order valence-electron chi connectivity index (χ3n) is 2.17. The summed E-state index contributed by atoms with van der Waals surface area (Å²) in [6.07, 6.45) is 33.5. The molecular formula is C20H22O4S. The van der Waals surface area contributed by atoms with Crippen molar-refractivity contribution in [3.63, 3.8) is 0 Å². The van der Waals surface area contributed by atoms with Crippen LogP contribution in [0.1, 0.15) is 0 Å². The van der Waals surface area contributed by atoms with E-state index < -0.39 is 10.4 Å². The van der Waals surface area contributed by atoms with E-state index in [1.165, 1.54) is 6.08 Å². The van der Waals surface area contributed by atoms with Gasteiger partial charge in [0, 0.05) is 0 Å². The van der Waals surface area contributed by atoms with Gasteiger partial charge < -0.3 is 4.18 Å². The Morgan fingerprint density at radius 3 is 1.12 bits per heavy atom. The molecule has 5 heteroatoms. The molecule has 0 aliphatic carbocycles. The molecule has 0 bridgehead atoms. The van der Waals surface area contributed by atoms with E-state index in [4.69, 9.17) is 4.55 Å². The van der Waals surface area contributed by atoms with E-state index in [9.17, 15) is 8.42 Å². The van der Waals surface area contributed by atoms with Crippen LogP contribution in [0, 0.1) is 0 Å². The molecule has 0 aromatic heterocycles. The molecule has 132 valence electrons. The fourth-order valence-corrected chi connectivity index (χ4v) is 1.39. The molecule has 0 saturated heterocycles. The Hall–Kier alpha value is -2.89. The van der Waals surface area contributed by atoms with Gasteiger partial charge in [-0.3, -0.25) is 4.55 Å². The molecule has 0 aromatic carbocycles. The van der Waals surface area contributed by atoms with Gasteiger partial charge in [-0.1, -0.05) is 110 Å². The highest BCUT2D eigenvalue weighted by molar-refractivity contribution is 7.81. The van der Waals surface area contributed by atoms with Gasteiger partial charge in [0.1, 0.15) is 6.26 Å². The number of rotatable bonds is 11. The first-order valence-electron chi connectivity index (χ1n) is 7.33. The van der Waals surface area contributed by atoms with E-state index >= 15 is 0 Å². The molecule has 0 amide bonds. The van der Waals surface area contributed by atoms with E-state index in [-0.39, 0.29) is 0 Å². The lowest BCUT2D eigenvalue weighted by atomic mass is 10.3. The SMILES string of the molecule is C=C/C=C/C=C/C=C/C=C/C=C/C=C/C=C/C=C/C=C/OS(=O)(=O)O. The first-order chi connectivity index (χ1) is 12.1. The highest BCUT2D eigenvalue weighted by atomic mass is 32.3. The van der Waals surface area contributed by atoms with Crippen molar-refractivity contribution < 1.29 is 17.2 Å². The Balaban J connectivity index is 3.96. The summed E-state index contributed by atoms with van der Waals surface area (Å²) < 4.78 is 32.7. The van der Waals surface area contributed by atoms with Crippen molar-refractivity contribution in [3.05, 3.63) is 122 Å². The van der Waals surface area contributed by atoms with Gasteiger partial charge in [-0.05, 0) is 6.08 Å². The van der Waals surface area contributed by atoms with Gasteiger partial charge in [0.25, 0.3) is 0 Å². The monoisotopic (exact) mass is 358 g/mol. The lowest BCUT2D eigenvalue weighted by Crippen LogP contribution is -1.96. The van der Waals surface area contributed by atoms with Crippen LogP contribution in [0.5, 0.6) is 0 Å². The molecule has 1 N–H and O–H groups in total. The van der Waals surface area contributed by atoms with Crippen molar-refractivity contribution in [2.45, 2.75) is 0 Å². The summed E-state index contributed by atoms with van der Waals surface area (Å²) in [5.74, 6) is 0. The van der Waals surface area contributed by atoms with Gasteiger partial charge in [-0.25, -0.2) is 0 Å². The molecule has 25 heavy (non-hydrogen) atoms. The Morgan fingerprint density at radius 2 is 0.840 bits per heavy atom. The van der Waals surface area contributed by atoms with Crippen molar-refractivity contribution in [1.29, 1.82) is 0 Å². The summed E-state index contributed by atoms with van der Waals surface area (Å²) in [5.41, 5.74) is 0. The fourth-order valence-electron chi connectivity index (χ4n) is 1.19. The first kappa shape index (κ1) is 22.1. The van der Waals surface area contributed by atoms with Gasteiger partial charge >= 0.3 is 10.4 Å². The molecule has 0 atom stereocenters. The lowest BCUT2D eigenvalue weighted by Gasteiger charge is -1.89. The molecule has 0 radical (unpaired) electrons. The zero-order chi connectivity index (χ0) is 18.6. The number of hydrogen-bond acceptors (Lipinski definition) is 3. The summed E-state index contributed by atoms with van der Waals surface area (Å²) in [6, 6.07) is 0. The Morgan fingerprint density at radius 1 is 0.560 bits per heavy atom. The largest absolute Gasteiger partial charge is 0.445 e. The average molecular weight is 358 g/mol. The van der Waals surface area contributed by atoms with Crippen LogP contribution in [0.2, 0.25) is 0 Å². The molecule has 0 aliphatic heterocycles. The highest BCUT2D eigenvalue weighted by Crippen LogP contribution is 1.89. The zero-order valence-electron chi connectivity index (χ0n) is 13.8. The molecule has 0 aliphatic rings. The third-order valence-corrected chi connectivity index (χ3v) is 2.52. The minimum Gasteiger partial charge on any atom is -0.370 e. The fraction of sp³-hybridized carbons (Fsp3) is 0. The van der Waals surface area contributed by atoms with Gasteiger partial charge in [-0.15, -0.1) is 0 Å². The molecule has 0 aromatic rings. The van der Waals surface area contributed by atoms with Crippen LogP contribution in [0.4, 0.5) is 0 Å². The summed E-state index contributed by atoms with van der Waals surface area (Å²) in [7, 11) is -4.42. The predicted molar refractivity (Wildman–Crippen MR) is 105 cm³/mol. The van der Waals surface area contributed by atoms with Crippen molar-refractivity contribution in [3.8, 4) is 0 Å². The van der Waals surface area contributed by atoms with Crippen molar-refractivity contribution in [1.82, 2.24) is 0 Å². The molecule has 0 fully saturated rings. The zero-order valence-corrected chi connectivity index (χ0v) is 14.6. The van der Waals surface area contributed by atoms with Crippen LogP contribution in [-0.4, -0.2) is 13.0 Å². The van der Waals surface area contributed by atoms with Crippen LogP contribution >= 0.6 is 0 Å². The summed E-state index contributed by atoms with van der Waals surface area (Å²) in [5, 5.41) is 0. The maximum atomic E-state index is 10.2. The molecule has 0 rings (SSSR count). The topological polar surface area (TPSA) is 63.6 Å². The maximum absolute atomic E-state index is 10.2. The molecule has 0 heterocycles. The second-order valence-corrected chi connectivity index (χ2v) is 5.22. The van der Waals surface area contributed by atoms with E-state index in [1.54, 1.807) is 24.3 Å². The second-order valence-electron chi connectivity index (χ2n) is 4.17. The maximum Gasteiger partial charge on any atom is 0.445 e. The van der Waals surface area contributed by atoms with Gasteiger partial charge in [-0.2, -0.15) is 8.42 Å². The van der Waals surface area contributed by atoms with Gasteiger partial charge in [0.2, 0.25) is 0 Å². The van der Waals surface area contributed by atoms with Crippen molar-refractivity contribution in [2.24, 2.45) is 0 Å². The standard InChI is InChI=1S/C20H22O4S/c1-2-3-4-5-6-7-8-9-10-11-12-13-14-15-16-17-18-19-20-24-25(21,22)23/h2-20H,1H2,(H,21,22,23)/b4-3+,6-5+,8-7+,10-9+,12-11+,14-13+,16-15+,18-17+,20-19+. The summed E-state index contributed by atoms with van der Waals surface area (Å²) in [4.78, 5) is 0. The molecule has 4 nitrogen and oxygen atoms in total. The molecule has 0 saturated carbocycles. The Bertz CT molecular complexity index is 726. The molecule has 0 unspecified atom stereocenters. The minimum absolute atomic E-state index is 0.868. The molecular weight excluding hydrogens is 336 g/mol. The van der Waals surface area contributed by atoms with E-state index in [0.29, 0.717) is 0 Å². The van der Waals surface area contributed by atoms with Gasteiger partial charge in [0.15, 0.2) is 0 Å². The Labute approximate surface area is 150 Å². The first-order valence-corrected chi connectivity index (χ1v) is 8.69. The number of hydrogen-bond donors (Lipinski definition) is 1. The highest BCUT2D eigenvalue weighted by Gasteiger charge is 1.97. The smallest absolute Gasteiger partial charge is 0.370 e. The van der Waals surface area contributed by atoms with E-state index in [1.807, 2.05) is 79.0 Å². The van der Waals surface area contributed by atoms with Crippen LogP contribution in [0.15, 0.2) is 122 Å². The van der Waals surface area contributed by atoms with Crippen LogP contribution in [0.3, 0.4) is 0 Å². The normalized spacial score (nSPS) is 14.4. The average Bonchev–Trinajstić information content (AvgIpc) is 2.56. The summed E-state index contributed by atoms with van der Waals surface area (Å²) >= 11 is 0. The van der Waals surface area contributed by atoms with Crippen LogP contribution < -0.4 is 0 Å². The minimum atomic E-state index is -4.42. The summed E-state index contributed by atoms with van der Waals surface area (Å²) in [6.45, 7) is 3.58. The third kappa shape index (κ3) is 21.1.